The number of aromatic nitrogens is 3. The smallest absolute Gasteiger partial charge is 0.423 e. The average molecular weight is 587 g/mol. The van der Waals surface area contributed by atoms with Crippen LogP contribution in [0.15, 0.2) is 30.5 Å². The van der Waals surface area contributed by atoms with Gasteiger partial charge in [-0.05, 0) is 61.1 Å². The minimum Gasteiger partial charge on any atom is -0.423 e. The Labute approximate surface area is 234 Å². The summed E-state index contributed by atoms with van der Waals surface area (Å²) in [5.74, 6) is 0.826. The largest absolute Gasteiger partial charge is 0.472 e. The zero-order valence-electron chi connectivity index (χ0n) is 22.2. The maximum atomic E-state index is 14.7. The number of phosphoric ester groups is 1. The Morgan fingerprint density at radius 1 is 1.24 bits per heavy atom. The molecule has 1 aromatic carbocycles. The lowest BCUT2D eigenvalue weighted by molar-refractivity contribution is 0.0375. The Hall–Kier alpha value is -3.84. The predicted molar refractivity (Wildman–Crippen MR) is 144 cm³/mol. The number of anilines is 2. The molecule has 4 N–H and O–H groups in total. The van der Waals surface area contributed by atoms with Gasteiger partial charge in [0.2, 0.25) is 6.79 Å². The number of phosphoric acid groups is 1. The predicted octanol–water partition coefficient (Wildman–Crippen LogP) is 3.48. The number of amides is 1. The first-order chi connectivity index (χ1) is 19.6. The van der Waals surface area contributed by atoms with Crippen LogP contribution in [0.25, 0.3) is 11.1 Å². The van der Waals surface area contributed by atoms with E-state index in [9.17, 15) is 13.8 Å². The molecule has 3 aromatic rings. The molecule has 0 spiro atoms. The number of hydrogen-bond acceptors (Lipinski definition) is 10. The van der Waals surface area contributed by atoms with Gasteiger partial charge in [-0.1, -0.05) is 0 Å². The van der Waals surface area contributed by atoms with Gasteiger partial charge in [0.1, 0.15) is 17.4 Å². The van der Waals surface area contributed by atoms with Crippen molar-refractivity contribution >= 4 is 25.4 Å². The number of halogens is 1. The van der Waals surface area contributed by atoms with Crippen LogP contribution in [-0.2, 0) is 20.2 Å². The lowest BCUT2D eigenvalue weighted by atomic mass is 10.0. The number of carbonyl (C=O) groups is 1. The maximum Gasteiger partial charge on any atom is 0.472 e. The number of nitrogens with zero attached hydrogens (tertiary/aromatic N) is 4. The van der Waals surface area contributed by atoms with Gasteiger partial charge in [-0.3, -0.25) is 4.98 Å². The van der Waals surface area contributed by atoms with Crippen molar-refractivity contribution in [2.24, 2.45) is 5.92 Å². The van der Waals surface area contributed by atoms with E-state index in [1.807, 2.05) is 13.0 Å². The van der Waals surface area contributed by atoms with Crippen molar-refractivity contribution in [3.05, 3.63) is 53.2 Å². The standard InChI is InChI=1S/C26H28FN6O7P/c1-13-3-4-17(10-29-13)40-25-30-22-9-18-19(6-15(27)7-21(18)28-2)23(22)24(32-25)33-11-14-5-16(33)8-20(14)31-26(34)38-12-39-41(35,36)37/h3-4,6-7,10,14,16,20,28H,5,8-9,11-12H2,1-2H3,(H,31,34)(H2,35,36,37)/t14-,16-,20-/m1/s1. The summed E-state index contributed by atoms with van der Waals surface area (Å²) < 4.78 is 40.4. The molecule has 1 amide bonds. The number of ether oxygens (including phenoxy) is 2. The molecular formula is C26H28FN6O7P. The molecule has 41 heavy (non-hydrogen) atoms. The summed E-state index contributed by atoms with van der Waals surface area (Å²) in [6.07, 6.45) is 2.63. The van der Waals surface area contributed by atoms with Gasteiger partial charge in [0.05, 0.1) is 11.9 Å². The van der Waals surface area contributed by atoms with Crippen molar-refractivity contribution in [3.8, 4) is 22.9 Å². The molecule has 0 radical (unpaired) electrons. The first kappa shape index (κ1) is 27.3. The lowest BCUT2D eigenvalue weighted by Crippen LogP contribution is -2.46. The van der Waals surface area contributed by atoms with Crippen molar-refractivity contribution < 1.29 is 37.5 Å². The number of hydrogen-bond donors (Lipinski definition) is 4. The number of benzene rings is 1. The first-order valence-electron chi connectivity index (χ1n) is 13.0. The van der Waals surface area contributed by atoms with Gasteiger partial charge in [-0.2, -0.15) is 9.97 Å². The number of fused-ring (bicyclic) bond motifs is 5. The zero-order valence-corrected chi connectivity index (χ0v) is 23.1. The Kier molecular flexibility index (Phi) is 7.02. The Morgan fingerprint density at radius 3 is 2.76 bits per heavy atom. The SMILES string of the molecule is CNc1cc(F)cc2c1Cc1nc(Oc3ccc(C)nc3)nc(N3C[C@H]4C[C@@H]3C[C@H]4NC(=O)OCOP(=O)(O)O)c1-2. The normalized spacial score (nSPS) is 20.5. The second kappa shape index (κ2) is 10.5. The first-order valence-corrected chi connectivity index (χ1v) is 14.5. The molecular weight excluding hydrogens is 558 g/mol. The maximum absolute atomic E-state index is 14.7. The summed E-state index contributed by atoms with van der Waals surface area (Å²) in [6, 6.07) is 6.57. The number of nitrogens with one attached hydrogen (secondary N) is 2. The second-order valence-corrected chi connectivity index (χ2v) is 11.5. The van der Waals surface area contributed by atoms with E-state index in [0.717, 1.165) is 34.5 Å². The fourth-order valence-electron chi connectivity index (χ4n) is 5.92. The summed E-state index contributed by atoms with van der Waals surface area (Å²) in [6.45, 7) is 1.58. The third kappa shape index (κ3) is 5.55. The molecule has 216 valence electrons. The van der Waals surface area contributed by atoms with Gasteiger partial charge < -0.3 is 34.8 Å². The lowest BCUT2D eigenvalue weighted by Gasteiger charge is -2.33. The van der Waals surface area contributed by atoms with Gasteiger partial charge >= 0.3 is 19.9 Å². The molecule has 2 aliphatic carbocycles. The Morgan fingerprint density at radius 2 is 2.07 bits per heavy atom. The summed E-state index contributed by atoms with van der Waals surface area (Å²) >= 11 is 0. The van der Waals surface area contributed by atoms with Crippen molar-refractivity contribution in [1.82, 2.24) is 20.3 Å². The van der Waals surface area contributed by atoms with Crippen molar-refractivity contribution in [1.29, 1.82) is 0 Å². The van der Waals surface area contributed by atoms with E-state index in [-0.39, 0.29) is 29.8 Å². The summed E-state index contributed by atoms with van der Waals surface area (Å²) in [4.78, 5) is 45.6. The van der Waals surface area contributed by atoms with E-state index in [0.29, 0.717) is 36.6 Å². The van der Waals surface area contributed by atoms with E-state index in [1.165, 1.54) is 12.1 Å². The van der Waals surface area contributed by atoms with Gasteiger partial charge in [0.15, 0.2) is 0 Å². The molecule has 1 aliphatic heterocycles. The van der Waals surface area contributed by atoms with Crippen molar-refractivity contribution in [3.63, 3.8) is 0 Å². The number of alkyl carbamates (subject to hydrolysis) is 1. The third-order valence-corrected chi connectivity index (χ3v) is 8.11. The van der Waals surface area contributed by atoms with Crippen LogP contribution in [0, 0.1) is 18.7 Å². The molecule has 1 saturated carbocycles. The number of aryl methyl sites for hydroxylation is 1. The van der Waals surface area contributed by atoms with Crippen LogP contribution in [0.4, 0.5) is 20.7 Å². The molecule has 3 atom stereocenters. The number of pyridine rings is 1. The minimum atomic E-state index is -4.74. The highest BCUT2D eigenvalue weighted by Gasteiger charge is 2.47. The quantitative estimate of drug-likeness (QED) is 0.175. The van der Waals surface area contributed by atoms with Crippen LogP contribution in [0.2, 0.25) is 0 Å². The molecule has 13 nitrogen and oxygen atoms in total. The van der Waals surface area contributed by atoms with Crippen molar-refractivity contribution in [2.45, 2.75) is 38.3 Å². The van der Waals surface area contributed by atoms with Crippen LogP contribution in [0.3, 0.4) is 0 Å². The fraction of sp³-hybridized carbons (Fsp3) is 0.385. The van der Waals surface area contributed by atoms with Crippen LogP contribution in [0.5, 0.6) is 11.8 Å². The number of carbonyl (C=O) groups excluding carboxylic acids is 1. The molecule has 2 fully saturated rings. The van der Waals surface area contributed by atoms with Crippen molar-refractivity contribution in [2.75, 3.05) is 30.6 Å². The van der Waals surface area contributed by atoms with Gasteiger partial charge in [0, 0.05) is 49.0 Å². The highest BCUT2D eigenvalue weighted by Crippen LogP contribution is 2.49. The zero-order chi connectivity index (χ0) is 28.9. The number of piperidine rings is 1. The van der Waals surface area contributed by atoms with Gasteiger partial charge in [-0.25, -0.2) is 18.3 Å². The fourth-order valence-corrected chi connectivity index (χ4v) is 6.11. The Balaban J connectivity index is 1.27. The van der Waals surface area contributed by atoms with Crippen LogP contribution in [-0.4, -0.2) is 63.3 Å². The van der Waals surface area contributed by atoms with Crippen LogP contribution < -0.4 is 20.3 Å². The topological polar surface area (TPSA) is 168 Å². The molecule has 0 unspecified atom stereocenters. The van der Waals surface area contributed by atoms with E-state index in [1.54, 1.807) is 19.3 Å². The summed E-state index contributed by atoms with van der Waals surface area (Å²) in [5, 5.41) is 5.84. The highest BCUT2D eigenvalue weighted by atomic mass is 31.2. The van der Waals surface area contributed by atoms with E-state index >= 15 is 0 Å². The molecule has 3 heterocycles. The Bertz CT molecular complexity index is 1550. The monoisotopic (exact) mass is 586 g/mol. The van der Waals surface area contributed by atoms with Crippen LogP contribution >= 0.6 is 7.82 Å². The van der Waals surface area contributed by atoms with Gasteiger partial charge in [0.25, 0.3) is 0 Å². The minimum absolute atomic E-state index is 0.0194. The van der Waals surface area contributed by atoms with Crippen LogP contribution in [0.1, 0.15) is 29.8 Å². The van der Waals surface area contributed by atoms with E-state index in [2.05, 4.69) is 25.0 Å². The van der Waals surface area contributed by atoms with E-state index < -0.39 is 20.7 Å². The van der Waals surface area contributed by atoms with Gasteiger partial charge in [-0.15, -0.1) is 0 Å². The highest BCUT2D eigenvalue weighted by molar-refractivity contribution is 7.46. The molecule has 2 bridgehead atoms. The third-order valence-electron chi connectivity index (χ3n) is 7.66. The summed E-state index contributed by atoms with van der Waals surface area (Å²) in [5.41, 5.74) is 4.68. The molecule has 1 saturated heterocycles. The summed E-state index contributed by atoms with van der Waals surface area (Å²) in [7, 11) is -2.99. The molecule has 3 aliphatic rings. The molecule has 6 rings (SSSR count). The molecule has 15 heteroatoms. The van der Waals surface area contributed by atoms with E-state index in [4.69, 9.17) is 29.2 Å². The number of rotatable bonds is 8. The average Bonchev–Trinajstić information content (AvgIpc) is 3.61. The molecule has 2 aromatic heterocycles. The second-order valence-electron chi connectivity index (χ2n) is 10.3.